The Kier molecular flexibility index (Phi) is 6.85. The molecule has 5 rings (SSSR count). The van der Waals surface area contributed by atoms with E-state index < -0.39 is 0 Å². The molecule has 0 bridgehead atoms. The number of ether oxygens (including phenoxy) is 1. The van der Waals surface area contributed by atoms with Crippen LogP contribution in [-0.4, -0.2) is 78.6 Å². The van der Waals surface area contributed by atoms with Gasteiger partial charge in [-0.05, 0) is 24.8 Å². The Balaban J connectivity index is 1.36. The van der Waals surface area contributed by atoms with Gasteiger partial charge in [0.25, 0.3) is 0 Å². The number of fused-ring (bicyclic) bond motifs is 1. The second-order valence-corrected chi connectivity index (χ2v) is 9.65. The number of aromatic nitrogens is 2. The Morgan fingerprint density at radius 3 is 2.48 bits per heavy atom. The molecule has 0 atom stereocenters. The molecule has 4 heterocycles. The number of hydrogen-bond donors (Lipinski definition) is 0. The number of methoxy groups -OCH3 is 1. The molecule has 0 spiro atoms. The number of likely N-dealkylation sites (tertiary alicyclic amines) is 1. The van der Waals surface area contributed by atoms with Gasteiger partial charge >= 0.3 is 0 Å². The predicted octanol–water partition coefficient (Wildman–Crippen LogP) is 3.64. The third-order valence-electron chi connectivity index (χ3n) is 6.56. The van der Waals surface area contributed by atoms with E-state index in [2.05, 4.69) is 39.4 Å². The van der Waals surface area contributed by atoms with Crippen LogP contribution < -0.4 is 4.90 Å². The van der Waals surface area contributed by atoms with Crippen LogP contribution in [0.15, 0.2) is 35.7 Å². The van der Waals surface area contributed by atoms with Gasteiger partial charge in [-0.3, -0.25) is 9.69 Å². The van der Waals surface area contributed by atoms with Crippen molar-refractivity contribution in [2.24, 2.45) is 0 Å². The fraction of sp³-hybridized carbons (Fsp3) is 0.480. The molecule has 0 N–H and O–H groups in total. The summed E-state index contributed by atoms with van der Waals surface area (Å²) in [5, 5.41) is 3.30. The lowest BCUT2D eigenvalue weighted by atomic mass is 10.1. The number of amides is 1. The van der Waals surface area contributed by atoms with Crippen LogP contribution in [0.2, 0.25) is 0 Å². The first-order valence-corrected chi connectivity index (χ1v) is 12.7. The number of rotatable bonds is 6. The molecule has 2 aliphatic heterocycles. The van der Waals surface area contributed by atoms with E-state index in [1.165, 1.54) is 17.5 Å². The largest absolute Gasteiger partial charge is 0.377 e. The lowest BCUT2D eigenvalue weighted by Crippen LogP contribution is -2.51. The number of carbonyl (C=O) groups is 1. The van der Waals surface area contributed by atoms with E-state index >= 15 is 0 Å². The second-order valence-electron chi connectivity index (χ2n) is 8.80. The van der Waals surface area contributed by atoms with Crippen molar-refractivity contribution in [2.75, 3.05) is 57.8 Å². The molecule has 2 aromatic heterocycles. The molecule has 2 fully saturated rings. The zero-order chi connectivity index (χ0) is 22.6. The first-order chi connectivity index (χ1) is 16.2. The van der Waals surface area contributed by atoms with E-state index in [0.29, 0.717) is 19.0 Å². The van der Waals surface area contributed by atoms with Gasteiger partial charge in [0.05, 0.1) is 11.9 Å². The SMILES string of the molecule is COCc1nc(N2CCN(CC(=O)N3CCCCC3)CC2)c2c(-c3ccccc3)csc2n1. The molecule has 2 saturated heterocycles. The predicted molar refractivity (Wildman–Crippen MR) is 133 cm³/mol. The van der Waals surface area contributed by atoms with Crippen LogP contribution in [0.1, 0.15) is 25.1 Å². The first kappa shape index (κ1) is 22.3. The molecule has 0 radical (unpaired) electrons. The summed E-state index contributed by atoms with van der Waals surface area (Å²) >= 11 is 1.66. The normalized spacial score (nSPS) is 17.6. The van der Waals surface area contributed by atoms with Gasteiger partial charge < -0.3 is 14.5 Å². The highest BCUT2D eigenvalue weighted by Crippen LogP contribution is 2.38. The molecule has 0 aliphatic carbocycles. The quantitative estimate of drug-likeness (QED) is 0.554. The molecule has 0 saturated carbocycles. The molecule has 8 heteroatoms. The van der Waals surface area contributed by atoms with Crippen LogP contribution in [0.4, 0.5) is 5.82 Å². The Bertz CT molecular complexity index is 1090. The van der Waals surface area contributed by atoms with Gasteiger partial charge in [-0.25, -0.2) is 9.97 Å². The van der Waals surface area contributed by atoms with E-state index in [-0.39, 0.29) is 5.91 Å². The van der Waals surface area contributed by atoms with Gasteiger partial charge in [0.1, 0.15) is 17.3 Å². The standard InChI is InChI=1S/C25H31N5O2S/c1-32-17-21-26-24(23-20(18-33-25(23)27-21)19-8-4-2-5-9-19)30-14-12-28(13-15-30)16-22(31)29-10-6-3-7-11-29/h2,4-5,8-9,18H,3,6-7,10-17H2,1H3. The molecular weight excluding hydrogens is 434 g/mol. The highest BCUT2D eigenvalue weighted by Gasteiger charge is 2.26. The monoisotopic (exact) mass is 465 g/mol. The summed E-state index contributed by atoms with van der Waals surface area (Å²) in [6.45, 7) is 6.15. The van der Waals surface area contributed by atoms with E-state index in [0.717, 1.165) is 68.1 Å². The maximum Gasteiger partial charge on any atom is 0.236 e. The lowest BCUT2D eigenvalue weighted by molar-refractivity contribution is -0.133. The number of carbonyl (C=O) groups excluding carboxylic acids is 1. The zero-order valence-electron chi connectivity index (χ0n) is 19.2. The number of thiophene rings is 1. The fourth-order valence-corrected chi connectivity index (χ4v) is 5.73. The number of piperidine rings is 1. The van der Waals surface area contributed by atoms with Crippen LogP contribution >= 0.6 is 11.3 Å². The highest BCUT2D eigenvalue weighted by atomic mass is 32.1. The number of hydrogen-bond acceptors (Lipinski definition) is 7. The Morgan fingerprint density at radius 2 is 1.76 bits per heavy atom. The minimum atomic E-state index is 0.277. The highest BCUT2D eigenvalue weighted by molar-refractivity contribution is 7.17. The van der Waals surface area contributed by atoms with Crippen molar-refractivity contribution in [3.8, 4) is 11.1 Å². The topological polar surface area (TPSA) is 61.8 Å². The number of nitrogens with zero attached hydrogens (tertiary/aromatic N) is 5. The fourth-order valence-electron chi connectivity index (χ4n) is 4.77. The van der Waals surface area contributed by atoms with Crippen LogP contribution in [-0.2, 0) is 16.1 Å². The number of piperazine rings is 1. The first-order valence-electron chi connectivity index (χ1n) is 11.8. The van der Waals surface area contributed by atoms with E-state index in [9.17, 15) is 4.79 Å². The minimum Gasteiger partial charge on any atom is -0.377 e. The summed E-state index contributed by atoms with van der Waals surface area (Å²) in [5.41, 5.74) is 2.36. The maximum atomic E-state index is 12.7. The third-order valence-corrected chi connectivity index (χ3v) is 7.43. The lowest BCUT2D eigenvalue weighted by Gasteiger charge is -2.37. The Labute approximate surface area is 199 Å². The molecular formula is C25H31N5O2S. The molecule has 3 aromatic rings. The molecule has 2 aliphatic rings. The molecule has 33 heavy (non-hydrogen) atoms. The number of anilines is 1. The van der Waals surface area contributed by atoms with Crippen molar-refractivity contribution < 1.29 is 9.53 Å². The van der Waals surface area contributed by atoms with Crippen LogP contribution in [0.25, 0.3) is 21.3 Å². The van der Waals surface area contributed by atoms with Gasteiger partial charge in [0, 0.05) is 57.3 Å². The van der Waals surface area contributed by atoms with Crippen molar-refractivity contribution in [1.82, 2.24) is 19.8 Å². The Morgan fingerprint density at radius 1 is 1.00 bits per heavy atom. The van der Waals surface area contributed by atoms with E-state index in [1.54, 1.807) is 18.4 Å². The molecule has 174 valence electrons. The van der Waals surface area contributed by atoms with Crippen molar-refractivity contribution in [1.29, 1.82) is 0 Å². The van der Waals surface area contributed by atoms with Crippen LogP contribution in [0.3, 0.4) is 0 Å². The molecule has 0 unspecified atom stereocenters. The maximum absolute atomic E-state index is 12.7. The smallest absolute Gasteiger partial charge is 0.236 e. The van der Waals surface area contributed by atoms with Gasteiger partial charge in [-0.15, -0.1) is 11.3 Å². The summed E-state index contributed by atoms with van der Waals surface area (Å²) in [4.78, 5) is 30.1. The summed E-state index contributed by atoms with van der Waals surface area (Å²) < 4.78 is 5.34. The van der Waals surface area contributed by atoms with Crippen molar-refractivity contribution in [2.45, 2.75) is 25.9 Å². The van der Waals surface area contributed by atoms with E-state index in [1.807, 2.05) is 11.0 Å². The van der Waals surface area contributed by atoms with Gasteiger partial charge in [-0.2, -0.15) is 0 Å². The van der Waals surface area contributed by atoms with Crippen LogP contribution in [0.5, 0.6) is 0 Å². The second kappa shape index (κ2) is 10.2. The number of benzene rings is 1. The Hall–Kier alpha value is -2.55. The van der Waals surface area contributed by atoms with E-state index in [4.69, 9.17) is 14.7 Å². The van der Waals surface area contributed by atoms with Gasteiger partial charge in [0.15, 0.2) is 5.82 Å². The minimum absolute atomic E-state index is 0.277. The third kappa shape index (κ3) is 4.88. The summed E-state index contributed by atoms with van der Waals surface area (Å²) in [6.07, 6.45) is 3.52. The molecule has 1 amide bonds. The van der Waals surface area contributed by atoms with Crippen molar-refractivity contribution in [3.63, 3.8) is 0 Å². The average molecular weight is 466 g/mol. The van der Waals surface area contributed by atoms with Crippen molar-refractivity contribution >= 4 is 33.3 Å². The summed E-state index contributed by atoms with van der Waals surface area (Å²) in [6, 6.07) is 10.4. The molecule has 7 nitrogen and oxygen atoms in total. The zero-order valence-corrected chi connectivity index (χ0v) is 20.0. The van der Waals surface area contributed by atoms with Gasteiger partial charge in [0.2, 0.25) is 5.91 Å². The summed E-state index contributed by atoms with van der Waals surface area (Å²) in [7, 11) is 1.68. The summed E-state index contributed by atoms with van der Waals surface area (Å²) in [5.74, 6) is 1.97. The van der Waals surface area contributed by atoms with Crippen molar-refractivity contribution in [3.05, 3.63) is 41.5 Å². The van der Waals surface area contributed by atoms with Gasteiger partial charge in [-0.1, -0.05) is 30.3 Å². The van der Waals surface area contributed by atoms with Crippen LogP contribution in [0, 0.1) is 0 Å². The average Bonchev–Trinajstić information content (AvgIpc) is 3.29. The molecule has 1 aromatic carbocycles.